The van der Waals surface area contributed by atoms with Crippen LogP contribution in [-0.4, -0.2) is 0 Å². The lowest BCUT2D eigenvalue weighted by atomic mass is 10.1. The summed E-state index contributed by atoms with van der Waals surface area (Å²) in [5.74, 6) is 1.94. The van der Waals surface area contributed by atoms with Gasteiger partial charge in [0.25, 0.3) is 0 Å². The first-order chi connectivity index (χ1) is 6.66. The minimum Gasteiger partial charge on any atom is -0.0683 e. The van der Waals surface area contributed by atoms with Crippen molar-refractivity contribution in [1.82, 2.24) is 0 Å². The van der Waals surface area contributed by atoms with Crippen molar-refractivity contribution in [2.24, 2.45) is 11.8 Å². The van der Waals surface area contributed by atoms with Crippen LogP contribution in [0.1, 0.15) is 80.1 Å². The summed E-state index contributed by atoms with van der Waals surface area (Å²) in [6, 6.07) is 0. The maximum atomic E-state index is 2.34. The zero-order valence-corrected chi connectivity index (χ0v) is 11.4. The second-order valence-corrected chi connectivity index (χ2v) is 4.57. The maximum absolute atomic E-state index is 2.34. The molecule has 0 bridgehead atoms. The Hall–Kier alpha value is 0. The van der Waals surface area contributed by atoms with E-state index in [0.29, 0.717) is 0 Å². The molecule has 0 spiro atoms. The Kier molecular flexibility index (Phi) is 15.3. The zero-order valence-electron chi connectivity index (χ0n) is 11.4. The fraction of sp³-hybridized carbons (Fsp3) is 1.00. The first kappa shape index (κ1) is 16.4. The predicted octanol–water partition coefficient (Wildman–Crippen LogP) is 5.67. The third-order valence-corrected chi connectivity index (χ3v) is 2.51. The zero-order chi connectivity index (χ0) is 11.4. The Bertz CT molecular complexity index is 78.0. The molecule has 0 atom stereocenters. The molecule has 0 aromatic heterocycles. The van der Waals surface area contributed by atoms with Gasteiger partial charge in [0.15, 0.2) is 0 Å². The highest BCUT2D eigenvalue weighted by Crippen LogP contribution is 2.22. The minimum atomic E-state index is 0.898. The van der Waals surface area contributed by atoms with Crippen LogP contribution in [0, 0.1) is 11.8 Å². The van der Waals surface area contributed by atoms with Gasteiger partial charge >= 0.3 is 0 Å². The van der Waals surface area contributed by atoms with Crippen LogP contribution in [-0.2, 0) is 0 Å². The average Bonchev–Trinajstić information content (AvgIpc) is 2.60. The van der Waals surface area contributed by atoms with Gasteiger partial charge in [-0.1, -0.05) is 80.1 Å². The highest BCUT2D eigenvalue weighted by molar-refractivity contribution is 4.60. The molecule has 0 N–H and O–H groups in total. The molecule has 0 aliphatic heterocycles. The van der Waals surface area contributed by atoms with Crippen LogP contribution in [0.25, 0.3) is 0 Å². The van der Waals surface area contributed by atoms with E-state index in [1.807, 2.05) is 13.8 Å². The second kappa shape index (κ2) is 13.0. The highest BCUT2D eigenvalue weighted by Gasteiger charge is 2.07. The Morgan fingerprint density at radius 1 is 1.07 bits per heavy atom. The summed E-state index contributed by atoms with van der Waals surface area (Å²) in [5.41, 5.74) is 0. The van der Waals surface area contributed by atoms with Gasteiger partial charge in [0.05, 0.1) is 0 Å². The van der Waals surface area contributed by atoms with Gasteiger partial charge in [-0.15, -0.1) is 0 Å². The average molecular weight is 200 g/mol. The largest absolute Gasteiger partial charge is 0.0683 e. The summed E-state index contributed by atoms with van der Waals surface area (Å²) < 4.78 is 0. The van der Waals surface area contributed by atoms with E-state index in [9.17, 15) is 0 Å². The van der Waals surface area contributed by atoms with Crippen molar-refractivity contribution in [2.45, 2.75) is 80.1 Å². The quantitative estimate of drug-likeness (QED) is 0.539. The van der Waals surface area contributed by atoms with Crippen LogP contribution in [0.4, 0.5) is 0 Å². The molecule has 0 saturated heterocycles. The predicted molar refractivity (Wildman–Crippen MR) is 68.7 cm³/mol. The van der Waals surface area contributed by atoms with Crippen LogP contribution < -0.4 is 0 Å². The van der Waals surface area contributed by atoms with Gasteiger partial charge < -0.3 is 0 Å². The molecule has 0 aromatic rings. The summed E-state index contributed by atoms with van der Waals surface area (Å²) >= 11 is 0. The molecule has 0 radical (unpaired) electrons. The summed E-state index contributed by atoms with van der Waals surface area (Å²) in [7, 11) is 0. The Morgan fingerprint density at radius 3 is 1.57 bits per heavy atom. The summed E-state index contributed by atoms with van der Waals surface area (Å²) in [5, 5.41) is 0. The number of rotatable bonds is 2. The highest BCUT2D eigenvalue weighted by atomic mass is 14.1. The molecule has 0 unspecified atom stereocenters. The summed E-state index contributed by atoms with van der Waals surface area (Å²) in [6.07, 6.45) is 8.65. The van der Waals surface area contributed by atoms with E-state index in [-0.39, 0.29) is 0 Å². The lowest BCUT2D eigenvalue weighted by Crippen LogP contribution is -1.81. The molecular formula is C14H32. The van der Waals surface area contributed by atoms with Crippen LogP contribution in [0.5, 0.6) is 0 Å². The van der Waals surface area contributed by atoms with Crippen molar-refractivity contribution in [3.8, 4) is 0 Å². The van der Waals surface area contributed by atoms with E-state index in [4.69, 9.17) is 0 Å². The van der Waals surface area contributed by atoms with Crippen molar-refractivity contribution >= 4 is 0 Å². The van der Waals surface area contributed by atoms with Crippen LogP contribution in [0.3, 0.4) is 0 Å². The Balaban J connectivity index is 0. The van der Waals surface area contributed by atoms with E-state index in [2.05, 4.69) is 27.7 Å². The topological polar surface area (TPSA) is 0 Å². The van der Waals surface area contributed by atoms with Gasteiger partial charge in [0.2, 0.25) is 0 Å². The number of hydrogen-bond acceptors (Lipinski definition) is 0. The van der Waals surface area contributed by atoms with Gasteiger partial charge in [-0.3, -0.25) is 0 Å². The molecule has 1 fully saturated rings. The standard InChI is InChI=1S/C6H12.C6H14.C2H6/c1-6-4-2-3-5-6;1-4-5-6(2)3;1-2/h6H,2-5H2,1H3;6H,4-5H2,1-3H3;1-2H3. The van der Waals surface area contributed by atoms with E-state index in [1.54, 1.807) is 0 Å². The first-order valence-electron chi connectivity index (χ1n) is 6.66. The SMILES string of the molecule is CC.CC1CCCC1.CCCC(C)C. The second-order valence-electron chi connectivity index (χ2n) is 4.57. The lowest BCUT2D eigenvalue weighted by molar-refractivity contribution is 0.576. The Morgan fingerprint density at radius 2 is 1.50 bits per heavy atom. The monoisotopic (exact) mass is 200 g/mol. The number of hydrogen-bond donors (Lipinski definition) is 0. The van der Waals surface area contributed by atoms with Gasteiger partial charge in [-0.05, 0) is 11.8 Å². The van der Waals surface area contributed by atoms with Gasteiger partial charge in [-0.2, -0.15) is 0 Å². The van der Waals surface area contributed by atoms with E-state index >= 15 is 0 Å². The van der Waals surface area contributed by atoms with Gasteiger partial charge in [-0.25, -0.2) is 0 Å². The van der Waals surface area contributed by atoms with Crippen LogP contribution >= 0.6 is 0 Å². The van der Waals surface area contributed by atoms with Gasteiger partial charge in [0, 0.05) is 0 Å². The van der Waals surface area contributed by atoms with Crippen molar-refractivity contribution in [1.29, 1.82) is 0 Å². The molecule has 0 heteroatoms. The van der Waals surface area contributed by atoms with Crippen molar-refractivity contribution < 1.29 is 0 Å². The molecule has 0 amide bonds. The molecule has 1 aliphatic rings. The molecule has 0 aromatic carbocycles. The molecule has 1 rings (SSSR count). The molecule has 88 valence electrons. The third-order valence-electron chi connectivity index (χ3n) is 2.51. The van der Waals surface area contributed by atoms with E-state index in [0.717, 1.165) is 11.8 Å². The fourth-order valence-electron chi connectivity index (χ4n) is 1.71. The summed E-state index contributed by atoms with van der Waals surface area (Å²) in [4.78, 5) is 0. The molecule has 1 saturated carbocycles. The van der Waals surface area contributed by atoms with Crippen molar-refractivity contribution in [2.75, 3.05) is 0 Å². The maximum Gasteiger partial charge on any atom is -0.0443 e. The molecular weight excluding hydrogens is 168 g/mol. The van der Waals surface area contributed by atoms with Crippen molar-refractivity contribution in [3.05, 3.63) is 0 Å². The van der Waals surface area contributed by atoms with Gasteiger partial charge in [0.1, 0.15) is 0 Å². The Labute approximate surface area is 92.5 Å². The first-order valence-corrected chi connectivity index (χ1v) is 6.66. The minimum absolute atomic E-state index is 0.898. The summed E-state index contributed by atoms with van der Waals surface area (Å²) in [6.45, 7) is 13.1. The normalized spacial score (nSPS) is 15.6. The van der Waals surface area contributed by atoms with Crippen LogP contribution in [0.15, 0.2) is 0 Å². The molecule has 0 nitrogen and oxygen atoms in total. The lowest BCUT2D eigenvalue weighted by Gasteiger charge is -1.95. The smallest absolute Gasteiger partial charge is 0.0443 e. The van der Waals surface area contributed by atoms with E-state index < -0.39 is 0 Å². The third kappa shape index (κ3) is 14.5. The molecule has 1 aliphatic carbocycles. The fourth-order valence-corrected chi connectivity index (χ4v) is 1.71. The molecule has 0 heterocycles. The van der Waals surface area contributed by atoms with E-state index in [1.165, 1.54) is 38.5 Å². The van der Waals surface area contributed by atoms with Crippen molar-refractivity contribution in [3.63, 3.8) is 0 Å². The van der Waals surface area contributed by atoms with Crippen LogP contribution in [0.2, 0.25) is 0 Å². The molecule has 14 heavy (non-hydrogen) atoms.